The molecule has 1 atom stereocenters. The van der Waals surface area contributed by atoms with Crippen LogP contribution in [0.4, 0.5) is 4.79 Å². The van der Waals surface area contributed by atoms with Gasteiger partial charge in [0.15, 0.2) is 6.10 Å². The van der Waals surface area contributed by atoms with Gasteiger partial charge in [-0.15, -0.1) is 0 Å². The van der Waals surface area contributed by atoms with E-state index in [9.17, 15) is 14.7 Å². The van der Waals surface area contributed by atoms with Crippen molar-refractivity contribution < 1.29 is 28.9 Å². The molecule has 2 aromatic rings. The van der Waals surface area contributed by atoms with Gasteiger partial charge in [0.05, 0.1) is 12.2 Å². The Morgan fingerprint density at radius 2 is 1.61 bits per heavy atom. The second-order valence-corrected chi connectivity index (χ2v) is 7.78. The maximum Gasteiger partial charge on any atom is 0.407 e. The fourth-order valence-corrected chi connectivity index (χ4v) is 2.91. The minimum atomic E-state index is -0.996. The smallest absolute Gasteiger partial charge is 0.407 e. The van der Waals surface area contributed by atoms with Gasteiger partial charge in [0.1, 0.15) is 12.4 Å². The number of benzene rings is 2. The molecule has 1 unspecified atom stereocenters. The van der Waals surface area contributed by atoms with Gasteiger partial charge < -0.3 is 24.6 Å². The van der Waals surface area contributed by atoms with Crippen molar-refractivity contribution in [1.82, 2.24) is 5.32 Å². The summed E-state index contributed by atoms with van der Waals surface area (Å²) in [5.41, 5.74) is 2.53. The van der Waals surface area contributed by atoms with Gasteiger partial charge in [-0.2, -0.15) is 0 Å². The van der Waals surface area contributed by atoms with Crippen molar-refractivity contribution in [1.29, 1.82) is 0 Å². The maximum atomic E-state index is 12.0. The minimum absolute atomic E-state index is 0.101. The number of carboxylic acids is 1. The minimum Gasteiger partial charge on any atom is -0.491 e. The van der Waals surface area contributed by atoms with E-state index in [0.29, 0.717) is 0 Å². The highest BCUT2D eigenvalue weighted by Crippen LogP contribution is 2.15. The number of hydrogen-bond acceptors (Lipinski definition) is 5. The normalized spacial score (nSPS) is 11.9. The van der Waals surface area contributed by atoms with E-state index in [1.165, 1.54) is 0 Å². The van der Waals surface area contributed by atoms with Gasteiger partial charge in [-0.05, 0) is 56.5 Å². The first kappa shape index (κ1) is 24.2. The second-order valence-electron chi connectivity index (χ2n) is 7.78. The van der Waals surface area contributed by atoms with Crippen LogP contribution in [0, 0.1) is 0 Å². The molecule has 7 heteroatoms. The average molecular weight is 430 g/mol. The van der Waals surface area contributed by atoms with E-state index in [-0.39, 0.29) is 31.8 Å². The Morgan fingerprint density at radius 3 is 2.23 bits per heavy atom. The maximum absolute atomic E-state index is 12.0. The van der Waals surface area contributed by atoms with Crippen molar-refractivity contribution in [3.05, 3.63) is 65.2 Å². The highest BCUT2D eigenvalue weighted by Gasteiger charge is 2.20. The number of carboxylic acid groups (broad SMARTS) is 1. The van der Waals surface area contributed by atoms with Crippen molar-refractivity contribution in [3.8, 4) is 5.75 Å². The molecule has 7 nitrogen and oxygen atoms in total. The van der Waals surface area contributed by atoms with Gasteiger partial charge in [0, 0.05) is 13.0 Å². The molecular formula is C24H31NO6. The van der Waals surface area contributed by atoms with E-state index in [4.69, 9.17) is 14.2 Å². The number of carbonyl (C=O) groups excluding carboxylic acids is 1. The summed E-state index contributed by atoms with van der Waals surface area (Å²) in [6.45, 7) is 7.95. The van der Waals surface area contributed by atoms with Crippen LogP contribution in [-0.2, 0) is 33.8 Å². The number of nitrogens with one attached hydrogen (secondary N) is 1. The standard InChI is InChI=1S/C24H31NO6/c1-16(2)30-21-10-8-18(9-11-21)15-29-24(28)25-14-20-7-5-6-19(12-20)13-22(23(26)27)31-17(3)4/h5-12,16-17,22H,13-15H2,1-4H3,(H,25,28)(H,26,27). The lowest BCUT2D eigenvalue weighted by Gasteiger charge is -2.17. The molecule has 0 saturated carbocycles. The Balaban J connectivity index is 1.82. The number of hydrogen-bond donors (Lipinski definition) is 2. The molecule has 2 rings (SSSR count). The Hall–Kier alpha value is -3.06. The van der Waals surface area contributed by atoms with Crippen molar-refractivity contribution in [2.45, 2.75) is 65.6 Å². The number of alkyl carbamates (subject to hydrolysis) is 1. The molecule has 31 heavy (non-hydrogen) atoms. The van der Waals surface area contributed by atoms with Crippen LogP contribution < -0.4 is 10.1 Å². The van der Waals surface area contributed by atoms with Crippen LogP contribution in [0.5, 0.6) is 5.75 Å². The summed E-state index contributed by atoms with van der Waals surface area (Å²) in [5.74, 6) is -0.225. The SMILES string of the molecule is CC(C)Oc1ccc(COC(=O)NCc2cccc(CC(OC(C)C)C(=O)O)c2)cc1. The van der Waals surface area contributed by atoms with Gasteiger partial charge in [0.25, 0.3) is 0 Å². The molecule has 0 saturated heterocycles. The van der Waals surface area contributed by atoms with E-state index < -0.39 is 18.2 Å². The molecule has 1 amide bonds. The lowest BCUT2D eigenvalue weighted by molar-refractivity contribution is -0.153. The lowest BCUT2D eigenvalue weighted by atomic mass is 10.0. The molecule has 0 spiro atoms. The van der Waals surface area contributed by atoms with Crippen LogP contribution in [0.25, 0.3) is 0 Å². The largest absolute Gasteiger partial charge is 0.491 e. The van der Waals surface area contributed by atoms with Crippen LogP contribution in [0.2, 0.25) is 0 Å². The number of rotatable bonds is 11. The van der Waals surface area contributed by atoms with Crippen molar-refractivity contribution in [2.75, 3.05) is 0 Å². The molecule has 0 radical (unpaired) electrons. The van der Waals surface area contributed by atoms with Crippen molar-refractivity contribution in [3.63, 3.8) is 0 Å². The highest BCUT2D eigenvalue weighted by molar-refractivity contribution is 5.72. The van der Waals surface area contributed by atoms with E-state index >= 15 is 0 Å². The monoisotopic (exact) mass is 429 g/mol. The van der Waals surface area contributed by atoms with Crippen LogP contribution in [0.15, 0.2) is 48.5 Å². The molecule has 168 valence electrons. The Bertz CT molecular complexity index is 847. The average Bonchev–Trinajstić information content (AvgIpc) is 2.71. The van der Waals surface area contributed by atoms with Gasteiger partial charge in [-0.25, -0.2) is 9.59 Å². The topological polar surface area (TPSA) is 94.1 Å². The summed E-state index contributed by atoms with van der Waals surface area (Å²) in [5, 5.41) is 12.0. The fraction of sp³-hybridized carbons (Fsp3) is 0.417. The Labute approximate surface area is 183 Å². The summed E-state index contributed by atoms with van der Waals surface area (Å²) < 4.78 is 16.3. The number of carbonyl (C=O) groups is 2. The summed E-state index contributed by atoms with van der Waals surface area (Å²) in [6.07, 6.45) is -1.27. The molecule has 2 aromatic carbocycles. The van der Waals surface area contributed by atoms with Crippen LogP contribution in [0.1, 0.15) is 44.4 Å². The van der Waals surface area contributed by atoms with E-state index in [2.05, 4.69) is 5.32 Å². The van der Waals surface area contributed by atoms with Gasteiger partial charge in [-0.3, -0.25) is 0 Å². The van der Waals surface area contributed by atoms with Crippen molar-refractivity contribution in [2.24, 2.45) is 0 Å². The summed E-state index contributed by atoms with van der Waals surface area (Å²) in [4.78, 5) is 23.4. The third-order valence-electron chi connectivity index (χ3n) is 4.23. The van der Waals surface area contributed by atoms with Gasteiger partial charge in [0.2, 0.25) is 0 Å². The third-order valence-corrected chi connectivity index (χ3v) is 4.23. The van der Waals surface area contributed by atoms with Crippen LogP contribution in [-0.4, -0.2) is 35.5 Å². The molecular weight excluding hydrogens is 398 g/mol. The van der Waals surface area contributed by atoms with E-state index in [0.717, 1.165) is 22.4 Å². The zero-order valence-corrected chi connectivity index (χ0v) is 18.5. The zero-order chi connectivity index (χ0) is 22.8. The molecule has 0 aliphatic heterocycles. The van der Waals surface area contributed by atoms with Gasteiger partial charge >= 0.3 is 12.1 Å². The molecule has 0 heterocycles. The number of amides is 1. The molecule has 0 aliphatic carbocycles. The third kappa shape index (κ3) is 9.09. The lowest BCUT2D eigenvalue weighted by Crippen LogP contribution is -2.29. The highest BCUT2D eigenvalue weighted by atomic mass is 16.5. The molecule has 0 aromatic heterocycles. The molecule has 0 aliphatic rings. The van der Waals surface area contributed by atoms with E-state index in [1.807, 2.05) is 62.4 Å². The zero-order valence-electron chi connectivity index (χ0n) is 18.5. The molecule has 0 bridgehead atoms. The molecule has 0 fully saturated rings. The summed E-state index contributed by atoms with van der Waals surface area (Å²) in [7, 11) is 0. The van der Waals surface area contributed by atoms with Crippen LogP contribution >= 0.6 is 0 Å². The first-order valence-corrected chi connectivity index (χ1v) is 10.3. The van der Waals surface area contributed by atoms with Gasteiger partial charge in [-0.1, -0.05) is 36.4 Å². The Morgan fingerprint density at radius 1 is 0.935 bits per heavy atom. The summed E-state index contributed by atoms with van der Waals surface area (Å²) in [6, 6.07) is 14.8. The van der Waals surface area contributed by atoms with Crippen molar-refractivity contribution >= 4 is 12.1 Å². The number of aliphatic carboxylic acids is 1. The predicted molar refractivity (Wildman–Crippen MR) is 117 cm³/mol. The van der Waals surface area contributed by atoms with Crippen LogP contribution in [0.3, 0.4) is 0 Å². The quantitative estimate of drug-likeness (QED) is 0.552. The van der Waals surface area contributed by atoms with E-state index in [1.54, 1.807) is 13.8 Å². The second kappa shape index (κ2) is 12.0. The predicted octanol–water partition coefficient (Wildman–Crippen LogP) is 4.32. The first-order valence-electron chi connectivity index (χ1n) is 10.3. The summed E-state index contributed by atoms with van der Waals surface area (Å²) >= 11 is 0. The number of ether oxygens (including phenoxy) is 3. The first-order chi connectivity index (χ1) is 14.7. The molecule has 2 N–H and O–H groups in total. The Kier molecular flexibility index (Phi) is 9.34. The fourth-order valence-electron chi connectivity index (χ4n) is 2.91.